The Kier molecular flexibility index (Phi) is 6.58. The maximum atomic E-state index is 13.2. The molecule has 0 bridgehead atoms. The van der Waals surface area contributed by atoms with Crippen molar-refractivity contribution in [2.45, 2.75) is 52.1 Å². The third-order valence-electron chi connectivity index (χ3n) is 4.90. The van der Waals surface area contributed by atoms with Crippen molar-refractivity contribution in [3.05, 3.63) is 35.6 Å². The summed E-state index contributed by atoms with van der Waals surface area (Å²) in [5.74, 6) is 0.533. The van der Waals surface area contributed by atoms with E-state index in [4.69, 9.17) is 4.74 Å². The van der Waals surface area contributed by atoms with E-state index < -0.39 is 0 Å². The molecule has 0 N–H and O–H groups in total. The van der Waals surface area contributed by atoms with Gasteiger partial charge in [-0.1, -0.05) is 38.8 Å². The van der Waals surface area contributed by atoms with Gasteiger partial charge in [0.05, 0.1) is 12.7 Å². The van der Waals surface area contributed by atoms with Crippen molar-refractivity contribution in [3.63, 3.8) is 0 Å². The Morgan fingerprint density at radius 1 is 1.30 bits per heavy atom. The number of halogens is 1. The van der Waals surface area contributed by atoms with Crippen LogP contribution in [0, 0.1) is 11.7 Å². The van der Waals surface area contributed by atoms with Gasteiger partial charge in [0.2, 0.25) is 5.91 Å². The predicted molar refractivity (Wildman–Crippen MR) is 89.8 cm³/mol. The number of rotatable bonds is 6. The number of morpholine rings is 1. The molecule has 0 aliphatic carbocycles. The van der Waals surface area contributed by atoms with Gasteiger partial charge < -0.3 is 9.64 Å². The van der Waals surface area contributed by atoms with Crippen molar-refractivity contribution >= 4 is 5.91 Å². The van der Waals surface area contributed by atoms with Crippen LogP contribution in [0.4, 0.5) is 4.39 Å². The standard InChI is InChI=1S/C19H28FNO2/c1-4-15(5-2)18(16-6-8-17(20)9-7-16)12-19(22)21-10-11-23-14(3)13-21/h6-9,14-15,18H,4-5,10-13H2,1-3H3. The van der Waals surface area contributed by atoms with Crippen LogP contribution in [0.1, 0.15) is 51.5 Å². The van der Waals surface area contributed by atoms with Crippen molar-refractivity contribution in [3.8, 4) is 0 Å². The summed E-state index contributed by atoms with van der Waals surface area (Å²) in [5, 5.41) is 0. The summed E-state index contributed by atoms with van der Waals surface area (Å²) in [7, 11) is 0. The Bertz CT molecular complexity index is 499. The Hall–Kier alpha value is -1.42. The molecule has 1 aromatic rings. The van der Waals surface area contributed by atoms with Crippen molar-refractivity contribution in [1.82, 2.24) is 4.90 Å². The predicted octanol–water partition coefficient (Wildman–Crippen LogP) is 3.98. The number of hydrogen-bond acceptors (Lipinski definition) is 2. The fraction of sp³-hybridized carbons (Fsp3) is 0.632. The summed E-state index contributed by atoms with van der Waals surface area (Å²) in [6, 6.07) is 6.64. The molecule has 1 fully saturated rings. The average molecular weight is 321 g/mol. The van der Waals surface area contributed by atoms with Crippen LogP contribution in [0.5, 0.6) is 0 Å². The zero-order valence-electron chi connectivity index (χ0n) is 14.4. The van der Waals surface area contributed by atoms with E-state index in [1.165, 1.54) is 12.1 Å². The number of amides is 1. The molecule has 0 radical (unpaired) electrons. The molecule has 23 heavy (non-hydrogen) atoms. The van der Waals surface area contributed by atoms with Gasteiger partial charge in [0.1, 0.15) is 5.82 Å². The molecule has 1 saturated heterocycles. The van der Waals surface area contributed by atoms with Crippen LogP contribution in [0.2, 0.25) is 0 Å². The second-order valence-corrected chi connectivity index (χ2v) is 6.46. The number of hydrogen-bond donors (Lipinski definition) is 0. The minimum Gasteiger partial charge on any atom is -0.375 e. The molecule has 4 heteroatoms. The third-order valence-corrected chi connectivity index (χ3v) is 4.90. The largest absolute Gasteiger partial charge is 0.375 e. The summed E-state index contributed by atoms with van der Waals surface area (Å²) in [4.78, 5) is 14.6. The van der Waals surface area contributed by atoms with Crippen LogP contribution >= 0.6 is 0 Å². The van der Waals surface area contributed by atoms with Crippen molar-refractivity contribution in [1.29, 1.82) is 0 Å². The molecular weight excluding hydrogens is 293 g/mol. The quantitative estimate of drug-likeness (QED) is 0.793. The lowest BCUT2D eigenvalue weighted by Gasteiger charge is -2.33. The third kappa shape index (κ3) is 4.77. The van der Waals surface area contributed by atoms with Gasteiger partial charge in [-0.3, -0.25) is 4.79 Å². The normalized spacial score (nSPS) is 19.9. The van der Waals surface area contributed by atoms with Crippen LogP contribution in [0.15, 0.2) is 24.3 Å². The molecule has 1 aliphatic heterocycles. The van der Waals surface area contributed by atoms with Gasteiger partial charge in [-0.15, -0.1) is 0 Å². The first-order chi connectivity index (χ1) is 11.0. The smallest absolute Gasteiger partial charge is 0.223 e. The zero-order chi connectivity index (χ0) is 16.8. The molecule has 0 saturated carbocycles. The number of carbonyl (C=O) groups is 1. The number of benzene rings is 1. The highest BCUT2D eigenvalue weighted by atomic mass is 19.1. The number of ether oxygens (including phenoxy) is 1. The molecule has 1 amide bonds. The van der Waals surface area contributed by atoms with Gasteiger partial charge in [0.15, 0.2) is 0 Å². The topological polar surface area (TPSA) is 29.5 Å². The van der Waals surface area contributed by atoms with E-state index in [0.717, 1.165) is 18.4 Å². The van der Waals surface area contributed by atoms with E-state index in [1.54, 1.807) is 0 Å². The summed E-state index contributed by atoms with van der Waals surface area (Å²) < 4.78 is 18.7. The van der Waals surface area contributed by atoms with E-state index >= 15 is 0 Å². The van der Waals surface area contributed by atoms with E-state index in [9.17, 15) is 9.18 Å². The van der Waals surface area contributed by atoms with Crippen LogP contribution in [-0.2, 0) is 9.53 Å². The summed E-state index contributed by atoms with van der Waals surface area (Å²) in [6.45, 7) is 8.26. The molecule has 3 nitrogen and oxygen atoms in total. The van der Waals surface area contributed by atoms with Gasteiger partial charge in [0, 0.05) is 19.5 Å². The number of nitrogens with zero attached hydrogens (tertiary/aromatic N) is 1. The minimum absolute atomic E-state index is 0.102. The Balaban J connectivity index is 2.13. The van der Waals surface area contributed by atoms with Gasteiger partial charge in [-0.25, -0.2) is 4.39 Å². The molecule has 1 aliphatic rings. The lowest BCUT2D eigenvalue weighted by Crippen LogP contribution is -2.45. The Morgan fingerprint density at radius 3 is 2.52 bits per heavy atom. The molecule has 0 aromatic heterocycles. The van der Waals surface area contributed by atoms with Crippen LogP contribution in [-0.4, -0.2) is 36.6 Å². The molecule has 1 aromatic carbocycles. The van der Waals surface area contributed by atoms with Crippen molar-refractivity contribution in [2.75, 3.05) is 19.7 Å². The van der Waals surface area contributed by atoms with Gasteiger partial charge >= 0.3 is 0 Å². The highest BCUT2D eigenvalue weighted by Gasteiger charge is 2.28. The molecule has 2 unspecified atom stereocenters. The highest BCUT2D eigenvalue weighted by molar-refractivity contribution is 5.77. The van der Waals surface area contributed by atoms with Crippen molar-refractivity contribution in [2.24, 2.45) is 5.92 Å². The van der Waals surface area contributed by atoms with Crippen LogP contribution in [0.25, 0.3) is 0 Å². The first-order valence-corrected chi connectivity index (χ1v) is 8.70. The monoisotopic (exact) mass is 321 g/mol. The maximum Gasteiger partial charge on any atom is 0.223 e. The molecule has 2 rings (SSSR count). The summed E-state index contributed by atoms with van der Waals surface area (Å²) in [6.07, 6.45) is 2.63. The zero-order valence-corrected chi connectivity index (χ0v) is 14.4. The lowest BCUT2D eigenvalue weighted by molar-refractivity contribution is -0.138. The number of carbonyl (C=O) groups excluding carboxylic acids is 1. The van der Waals surface area contributed by atoms with E-state index in [0.29, 0.717) is 32.0 Å². The van der Waals surface area contributed by atoms with Gasteiger partial charge in [0.25, 0.3) is 0 Å². The van der Waals surface area contributed by atoms with Crippen LogP contribution < -0.4 is 0 Å². The van der Waals surface area contributed by atoms with Gasteiger partial charge in [-0.05, 0) is 36.5 Å². The minimum atomic E-state index is -0.231. The second-order valence-electron chi connectivity index (χ2n) is 6.46. The molecule has 2 atom stereocenters. The van der Waals surface area contributed by atoms with E-state index in [1.807, 2.05) is 24.0 Å². The molecule has 1 heterocycles. The average Bonchev–Trinajstić information content (AvgIpc) is 2.55. The molecule has 128 valence electrons. The first-order valence-electron chi connectivity index (χ1n) is 8.70. The molecular formula is C19H28FNO2. The van der Waals surface area contributed by atoms with E-state index in [2.05, 4.69) is 13.8 Å². The van der Waals surface area contributed by atoms with Gasteiger partial charge in [-0.2, -0.15) is 0 Å². The fourth-order valence-electron chi connectivity index (χ4n) is 3.49. The maximum absolute atomic E-state index is 13.2. The van der Waals surface area contributed by atoms with Crippen LogP contribution in [0.3, 0.4) is 0 Å². The van der Waals surface area contributed by atoms with E-state index in [-0.39, 0.29) is 23.7 Å². The summed E-state index contributed by atoms with van der Waals surface area (Å²) in [5.41, 5.74) is 1.06. The fourth-order valence-corrected chi connectivity index (χ4v) is 3.49. The SMILES string of the molecule is CCC(CC)C(CC(=O)N1CCOC(C)C1)c1ccc(F)cc1. The lowest BCUT2D eigenvalue weighted by atomic mass is 9.80. The Morgan fingerprint density at radius 2 is 1.96 bits per heavy atom. The first kappa shape index (κ1) is 17.9. The highest BCUT2D eigenvalue weighted by Crippen LogP contribution is 2.33. The Labute approximate surface area is 138 Å². The van der Waals surface area contributed by atoms with Crippen molar-refractivity contribution < 1.29 is 13.9 Å². The second kappa shape index (κ2) is 8.44. The summed E-state index contributed by atoms with van der Waals surface area (Å²) >= 11 is 0. The molecule has 0 spiro atoms.